The quantitative estimate of drug-likeness (QED) is 0.580. The van der Waals surface area contributed by atoms with Gasteiger partial charge in [-0.1, -0.05) is 0 Å². The van der Waals surface area contributed by atoms with Gasteiger partial charge in [0.15, 0.2) is 5.79 Å². The first-order valence-electron chi connectivity index (χ1n) is 3.52. The van der Waals surface area contributed by atoms with Gasteiger partial charge in [0, 0.05) is 5.88 Å². The first-order chi connectivity index (χ1) is 4.64. The molecule has 1 atom stereocenters. The topological polar surface area (TPSA) is 18.5 Å². The van der Waals surface area contributed by atoms with Gasteiger partial charge in [-0.25, -0.2) is 0 Å². The lowest BCUT2D eigenvalue weighted by Crippen LogP contribution is -2.21. The Morgan fingerprint density at radius 2 is 2.30 bits per heavy atom. The predicted molar refractivity (Wildman–Crippen MR) is 40.2 cm³/mol. The van der Waals surface area contributed by atoms with Crippen LogP contribution in [0.2, 0.25) is 0 Å². The molecule has 0 radical (unpaired) electrons. The third-order valence-electron chi connectivity index (χ3n) is 1.50. The van der Waals surface area contributed by atoms with Gasteiger partial charge in [-0.15, -0.1) is 11.6 Å². The number of halogens is 1. The molecule has 1 unspecified atom stereocenters. The molecule has 0 aromatic rings. The van der Waals surface area contributed by atoms with Gasteiger partial charge in [-0.2, -0.15) is 0 Å². The minimum atomic E-state index is -0.392. The highest BCUT2D eigenvalue weighted by molar-refractivity contribution is 6.17. The molecule has 0 aliphatic carbocycles. The van der Waals surface area contributed by atoms with Gasteiger partial charge in [0.05, 0.1) is 12.7 Å². The highest BCUT2D eigenvalue weighted by atomic mass is 35.5. The van der Waals surface area contributed by atoms with Gasteiger partial charge in [0.25, 0.3) is 0 Å². The molecule has 0 spiro atoms. The van der Waals surface area contributed by atoms with Crippen LogP contribution in [0.25, 0.3) is 0 Å². The maximum atomic E-state index is 5.54. The number of hydrogen-bond donors (Lipinski definition) is 0. The monoisotopic (exact) mass is 164 g/mol. The van der Waals surface area contributed by atoms with Gasteiger partial charge in [-0.05, 0) is 20.3 Å². The molecule has 60 valence electrons. The maximum Gasteiger partial charge on any atom is 0.163 e. The largest absolute Gasteiger partial charge is 0.348 e. The third-order valence-corrected chi connectivity index (χ3v) is 1.72. The van der Waals surface area contributed by atoms with Crippen molar-refractivity contribution in [3.05, 3.63) is 0 Å². The van der Waals surface area contributed by atoms with Crippen LogP contribution < -0.4 is 0 Å². The van der Waals surface area contributed by atoms with Gasteiger partial charge in [0.1, 0.15) is 0 Å². The van der Waals surface area contributed by atoms with E-state index < -0.39 is 5.79 Å². The van der Waals surface area contributed by atoms with Crippen LogP contribution in [0, 0.1) is 0 Å². The van der Waals surface area contributed by atoms with E-state index in [1.54, 1.807) is 0 Å². The van der Waals surface area contributed by atoms with Crippen LogP contribution in [0.3, 0.4) is 0 Å². The maximum absolute atomic E-state index is 5.54. The Hall–Kier alpha value is 0.210. The number of alkyl halides is 1. The molecule has 1 rings (SSSR count). The van der Waals surface area contributed by atoms with E-state index >= 15 is 0 Å². The van der Waals surface area contributed by atoms with Crippen molar-refractivity contribution < 1.29 is 9.47 Å². The van der Waals surface area contributed by atoms with Gasteiger partial charge in [-0.3, -0.25) is 0 Å². The van der Waals surface area contributed by atoms with Crippen molar-refractivity contribution in [1.29, 1.82) is 0 Å². The number of ether oxygens (including phenoxy) is 2. The van der Waals surface area contributed by atoms with E-state index in [0.717, 1.165) is 6.42 Å². The summed E-state index contributed by atoms with van der Waals surface area (Å²) in [5.41, 5.74) is 0. The summed E-state index contributed by atoms with van der Waals surface area (Å²) in [6, 6.07) is 0. The van der Waals surface area contributed by atoms with E-state index in [9.17, 15) is 0 Å². The van der Waals surface area contributed by atoms with Crippen molar-refractivity contribution >= 4 is 11.6 Å². The fraction of sp³-hybridized carbons (Fsp3) is 1.00. The molecule has 0 aromatic heterocycles. The summed E-state index contributed by atoms with van der Waals surface area (Å²) in [5, 5.41) is 0. The molecular weight excluding hydrogens is 152 g/mol. The predicted octanol–water partition coefficient (Wildman–Crippen LogP) is 1.77. The molecule has 1 aliphatic rings. The minimum absolute atomic E-state index is 0.201. The Kier molecular flexibility index (Phi) is 2.55. The second-order valence-electron chi connectivity index (χ2n) is 2.93. The lowest BCUT2D eigenvalue weighted by molar-refractivity contribution is -0.138. The third kappa shape index (κ3) is 2.11. The highest BCUT2D eigenvalue weighted by Crippen LogP contribution is 2.23. The summed E-state index contributed by atoms with van der Waals surface area (Å²) in [7, 11) is 0. The van der Waals surface area contributed by atoms with Gasteiger partial charge < -0.3 is 9.47 Å². The van der Waals surface area contributed by atoms with E-state index in [1.165, 1.54) is 0 Å². The zero-order valence-corrected chi connectivity index (χ0v) is 7.15. The van der Waals surface area contributed by atoms with E-state index in [-0.39, 0.29) is 6.10 Å². The lowest BCUT2D eigenvalue weighted by atomic mass is 10.3. The Bertz CT molecular complexity index is 114. The van der Waals surface area contributed by atoms with Crippen LogP contribution in [0.5, 0.6) is 0 Å². The van der Waals surface area contributed by atoms with Crippen molar-refractivity contribution in [2.24, 2.45) is 0 Å². The van der Waals surface area contributed by atoms with Crippen LogP contribution in [0.4, 0.5) is 0 Å². The Morgan fingerprint density at radius 1 is 1.60 bits per heavy atom. The average Bonchev–Trinajstić information content (AvgIpc) is 2.12. The first kappa shape index (κ1) is 8.31. The van der Waals surface area contributed by atoms with Crippen LogP contribution in [-0.2, 0) is 9.47 Å². The molecule has 0 bridgehead atoms. The van der Waals surface area contributed by atoms with Gasteiger partial charge in [0.2, 0.25) is 0 Å². The van der Waals surface area contributed by atoms with Crippen molar-refractivity contribution in [2.75, 3.05) is 12.5 Å². The lowest BCUT2D eigenvalue weighted by Gasteiger charge is -2.16. The molecule has 3 heteroatoms. The summed E-state index contributed by atoms with van der Waals surface area (Å²) < 4.78 is 10.8. The molecule has 1 fully saturated rings. The van der Waals surface area contributed by atoms with E-state index in [0.29, 0.717) is 12.5 Å². The van der Waals surface area contributed by atoms with Gasteiger partial charge >= 0.3 is 0 Å². The molecule has 0 amide bonds. The molecule has 0 aromatic carbocycles. The average molecular weight is 165 g/mol. The second-order valence-corrected chi connectivity index (χ2v) is 3.31. The van der Waals surface area contributed by atoms with Crippen molar-refractivity contribution in [3.8, 4) is 0 Å². The number of rotatable bonds is 2. The molecule has 0 saturated carbocycles. The fourth-order valence-electron chi connectivity index (χ4n) is 1.03. The van der Waals surface area contributed by atoms with Crippen molar-refractivity contribution in [1.82, 2.24) is 0 Å². The minimum Gasteiger partial charge on any atom is -0.348 e. The zero-order chi connectivity index (χ0) is 7.61. The second kappa shape index (κ2) is 3.07. The van der Waals surface area contributed by atoms with Crippen LogP contribution in [0.1, 0.15) is 20.3 Å². The van der Waals surface area contributed by atoms with E-state index in [4.69, 9.17) is 21.1 Å². The Morgan fingerprint density at radius 3 is 2.70 bits per heavy atom. The molecule has 10 heavy (non-hydrogen) atoms. The summed E-state index contributed by atoms with van der Waals surface area (Å²) in [5.74, 6) is 0.251. The van der Waals surface area contributed by atoms with Crippen molar-refractivity contribution in [3.63, 3.8) is 0 Å². The summed E-state index contributed by atoms with van der Waals surface area (Å²) >= 11 is 5.54. The first-order valence-corrected chi connectivity index (χ1v) is 4.05. The van der Waals surface area contributed by atoms with Crippen LogP contribution in [-0.4, -0.2) is 24.4 Å². The summed E-state index contributed by atoms with van der Waals surface area (Å²) in [6.45, 7) is 4.52. The molecule has 2 nitrogen and oxygen atoms in total. The molecule has 1 saturated heterocycles. The Balaban J connectivity index is 2.29. The fourth-order valence-corrected chi connectivity index (χ4v) is 1.27. The molecule has 1 heterocycles. The Labute approximate surface area is 66.5 Å². The molecular formula is C7H13ClO2. The van der Waals surface area contributed by atoms with Crippen molar-refractivity contribution in [2.45, 2.75) is 32.2 Å². The van der Waals surface area contributed by atoms with E-state index in [2.05, 4.69) is 0 Å². The summed E-state index contributed by atoms with van der Waals surface area (Å²) in [4.78, 5) is 0. The normalized spacial score (nSPS) is 30.9. The molecule has 1 aliphatic heterocycles. The summed E-state index contributed by atoms with van der Waals surface area (Å²) in [6.07, 6.45) is 1.08. The zero-order valence-electron chi connectivity index (χ0n) is 6.39. The number of hydrogen-bond acceptors (Lipinski definition) is 2. The van der Waals surface area contributed by atoms with Crippen LogP contribution in [0.15, 0.2) is 0 Å². The highest BCUT2D eigenvalue weighted by Gasteiger charge is 2.31. The SMILES string of the molecule is CC1(C)OCC(CCCl)O1. The molecule has 0 N–H and O–H groups in total. The standard InChI is InChI=1S/C7H13ClO2/c1-7(2)9-5-6(10-7)3-4-8/h6H,3-5H2,1-2H3. The smallest absolute Gasteiger partial charge is 0.163 e. The van der Waals surface area contributed by atoms with E-state index in [1.807, 2.05) is 13.8 Å². The van der Waals surface area contributed by atoms with Crippen LogP contribution >= 0.6 is 11.6 Å².